The maximum Gasteiger partial charge on any atom is 0.295 e. The van der Waals surface area contributed by atoms with Gasteiger partial charge in [-0.15, -0.1) is 0 Å². The summed E-state index contributed by atoms with van der Waals surface area (Å²) in [6, 6.07) is 19.0. The van der Waals surface area contributed by atoms with Crippen molar-refractivity contribution in [3.8, 4) is 5.69 Å². The number of anilines is 1. The van der Waals surface area contributed by atoms with Crippen molar-refractivity contribution in [3.05, 3.63) is 82.3 Å². The number of likely N-dealkylation sites (tertiary alicyclic amines) is 1. The molecule has 1 fully saturated rings. The van der Waals surface area contributed by atoms with E-state index in [4.69, 9.17) is 0 Å². The second kappa shape index (κ2) is 8.02. The van der Waals surface area contributed by atoms with E-state index in [1.165, 1.54) is 4.68 Å². The first-order chi connectivity index (χ1) is 14.5. The molecule has 1 saturated heterocycles. The molecule has 1 atom stereocenters. The van der Waals surface area contributed by atoms with Crippen LogP contribution in [0.1, 0.15) is 17.7 Å². The van der Waals surface area contributed by atoms with E-state index in [0.717, 1.165) is 11.3 Å². The number of carbonyl (C=O) groups is 2. The summed E-state index contributed by atoms with van der Waals surface area (Å²) >= 11 is 0. The number of hydrogen-bond acceptors (Lipinski definition) is 3. The van der Waals surface area contributed by atoms with Crippen LogP contribution in [-0.2, 0) is 23.2 Å². The lowest BCUT2D eigenvalue weighted by molar-refractivity contribution is -0.128. The van der Waals surface area contributed by atoms with Crippen molar-refractivity contribution in [2.24, 2.45) is 13.0 Å². The quantitative estimate of drug-likeness (QED) is 0.710. The zero-order chi connectivity index (χ0) is 21.3. The summed E-state index contributed by atoms with van der Waals surface area (Å²) in [6.45, 7) is 2.62. The molecular formula is C23H24N4O3. The average Bonchev–Trinajstić information content (AvgIpc) is 3.22. The van der Waals surface area contributed by atoms with Crippen molar-refractivity contribution >= 4 is 17.5 Å². The first-order valence-electron chi connectivity index (χ1n) is 9.92. The first-order valence-corrected chi connectivity index (χ1v) is 9.92. The largest absolute Gasteiger partial charge is 0.338 e. The van der Waals surface area contributed by atoms with Crippen molar-refractivity contribution in [1.82, 2.24) is 14.3 Å². The van der Waals surface area contributed by atoms with Gasteiger partial charge in [0.2, 0.25) is 11.8 Å². The van der Waals surface area contributed by atoms with E-state index >= 15 is 0 Å². The Labute approximate surface area is 174 Å². The fourth-order valence-electron chi connectivity index (χ4n) is 3.84. The number of nitrogens with one attached hydrogen (secondary N) is 1. The molecular weight excluding hydrogens is 380 g/mol. The third-order valence-electron chi connectivity index (χ3n) is 5.60. The summed E-state index contributed by atoms with van der Waals surface area (Å²) in [6.07, 6.45) is 0.150. The van der Waals surface area contributed by atoms with Crippen LogP contribution in [0.5, 0.6) is 0 Å². The standard InChI is InChI=1S/C23H24N4O3/c1-16-21(23(30)27(25(16)2)19-11-7-4-8-12-19)24-22(29)18-13-20(28)26(15-18)14-17-9-5-3-6-10-17/h3-12,18H,13-15H2,1-2H3,(H,24,29). The van der Waals surface area contributed by atoms with Gasteiger partial charge in [-0.3, -0.25) is 19.1 Å². The van der Waals surface area contributed by atoms with E-state index in [1.807, 2.05) is 60.7 Å². The van der Waals surface area contributed by atoms with E-state index in [9.17, 15) is 14.4 Å². The summed E-state index contributed by atoms with van der Waals surface area (Å²) in [5, 5.41) is 2.78. The van der Waals surface area contributed by atoms with Crippen LogP contribution in [0, 0.1) is 12.8 Å². The zero-order valence-electron chi connectivity index (χ0n) is 17.0. The van der Waals surface area contributed by atoms with Gasteiger partial charge < -0.3 is 10.2 Å². The summed E-state index contributed by atoms with van der Waals surface area (Å²) in [4.78, 5) is 39.9. The molecule has 1 unspecified atom stereocenters. The lowest BCUT2D eigenvalue weighted by Crippen LogP contribution is -2.29. The number of carbonyl (C=O) groups excluding carboxylic acids is 2. The normalized spacial score (nSPS) is 16.1. The van der Waals surface area contributed by atoms with Gasteiger partial charge in [-0.25, -0.2) is 4.68 Å². The Morgan fingerprint density at radius 1 is 1.03 bits per heavy atom. The smallest absolute Gasteiger partial charge is 0.295 e. The monoisotopic (exact) mass is 404 g/mol. The third kappa shape index (κ3) is 3.66. The molecule has 7 nitrogen and oxygen atoms in total. The van der Waals surface area contributed by atoms with E-state index in [1.54, 1.807) is 23.6 Å². The molecule has 4 rings (SSSR count). The second-order valence-electron chi connectivity index (χ2n) is 7.59. The number of benzene rings is 2. The highest BCUT2D eigenvalue weighted by molar-refractivity contribution is 5.97. The predicted molar refractivity (Wildman–Crippen MR) is 114 cm³/mol. The number of rotatable bonds is 5. The van der Waals surface area contributed by atoms with E-state index in [0.29, 0.717) is 18.8 Å². The van der Waals surface area contributed by atoms with Gasteiger partial charge in [-0.2, -0.15) is 0 Å². The molecule has 0 bridgehead atoms. The van der Waals surface area contributed by atoms with Gasteiger partial charge in [-0.05, 0) is 24.6 Å². The summed E-state index contributed by atoms with van der Waals surface area (Å²) < 4.78 is 3.24. The minimum atomic E-state index is -0.481. The summed E-state index contributed by atoms with van der Waals surface area (Å²) in [5.41, 5.74) is 2.36. The molecule has 2 aromatic carbocycles. The molecule has 2 heterocycles. The van der Waals surface area contributed by atoms with Crippen molar-refractivity contribution < 1.29 is 9.59 Å². The van der Waals surface area contributed by atoms with Gasteiger partial charge in [-0.1, -0.05) is 48.5 Å². The fraction of sp³-hybridized carbons (Fsp3) is 0.261. The van der Waals surface area contributed by atoms with Gasteiger partial charge in [0.15, 0.2) is 0 Å². The van der Waals surface area contributed by atoms with Crippen LogP contribution in [0.2, 0.25) is 0 Å². The average molecular weight is 404 g/mol. The van der Waals surface area contributed by atoms with Gasteiger partial charge in [0.1, 0.15) is 5.69 Å². The van der Waals surface area contributed by atoms with Crippen LogP contribution in [0.3, 0.4) is 0 Å². The summed E-state index contributed by atoms with van der Waals surface area (Å²) in [7, 11) is 1.78. The van der Waals surface area contributed by atoms with E-state index in [2.05, 4.69) is 5.32 Å². The van der Waals surface area contributed by atoms with Crippen molar-refractivity contribution in [2.75, 3.05) is 11.9 Å². The molecule has 1 aliphatic rings. The number of amides is 2. The van der Waals surface area contributed by atoms with Crippen LogP contribution in [-0.4, -0.2) is 32.6 Å². The maximum absolute atomic E-state index is 13.0. The molecule has 0 saturated carbocycles. The molecule has 7 heteroatoms. The van der Waals surface area contributed by atoms with Gasteiger partial charge >= 0.3 is 0 Å². The Kier molecular flexibility index (Phi) is 5.27. The number of aromatic nitrogens is 2. The van der Waals surface area contributed by atoms with E-state index < -0.39 is 5.92 Å². The molecule has 0 aliphatic carbocycles. The fourth-order valence-corrected chi connectivity index (χ4v) is 3.84. The predicted octanol–water partition coefficient (Wildman–Crippen LogP) is 2.47. The topological polar surface area (TPSA) is 76.3 Å². The highest BCUT2D eigenvalue weighted by Gasteiger charge is 2.35. The lowest BCUT2D eigenvalue weighted by Gasteiger charge is -2.16. The van der Waals surface area contributed by atoms with Crippen LogP contribution in [0.15, 0.2) is 65.5 Å². The molecule has 0 spiro atoms. The molecule has 30 heavy (non-hydrogen) atoms. The highest BCUT2D eigenvalue weighted by Crippen LogP contribution is 2.22. The van der Waals surface area contributed by atoms with Crippen molar-refractivity contribution in [3.63, 3.8) is 0 Å². The van der Waals surface area contributed by atoms with Crippen LogP contribution in [0.4, 0.5) is 5.69 Å². The molecule has 1 N–H and O–H groups in total. The van der Waals surface area contributed by atoms with Crippen LogP contribution < -0.4 is 10.9 Å². The molecule has 154 valence electrons. The Balaban J connectivity index is 1.51. The van der Waals surface area contributed by atoms with Gasteiger partial charge in [0.05, 0.1) is 17.3 Å². The Morgan fingerprint density at radius 3 is 2.33 bits per heavy atom. The lowest BCUT2D eigenvalue weighted by atomic mass is 10.1. The van der Waals surface area contributed by atoms with Crippen molar-refractivity contribution in [2.45, 2.75) is 19.9 Å². The second-order valence-corrected chi connectivity index (χ2v) is 7.59. The van der Waals surface area contributed by atoms with E-state index in [-0.39, 0.29) is 29.5 Å². The maximum atomic E-state index is 13.0. The minimum absolute atomic E-state index is 0.0505. The van der Waals surface area contributed by atoms with Crippen LogP contribution >= 0.6 is 0 Å². The molecule has 3 aromatic rings. The van der Waals surface area contributed by atoms with Gasteiger partial charge in [0.25, 0.3) is 5.56 Å². The first kappa shape index (κ1) is 19.7. The molecule has 1 aliphatic heterocycles. The molecule has 0 radical (unpaired) electrons. The Hall–Kier alpha value is -3.61. The number of hydrogen-bond donors (Lipinski definition) is 1. The minimum Gasteiger partial charge on any atom is -0.338 e. The third-order valence-corrected chi connectivity index (χ3v) is 5.60. The summed E-state index contributed by atoms with van der Waals surface area (Å²) in [5.74, 6) is -0.833. The highest BCUT2D eigenvalue weighted by atomic mass is 16.2. The molecule has 2 amide bonds. The van der Waals surface area contributed by atoms with Crippen LogP contribution in [0.25, 0.3) is 5.69 Å². The van der Waals surface area contributed by atoms with Crippen molar-refractivity contribution in [1.29, 1.82) is 0 Å². The SMILES string of the molecule is Cc1c(NC(=O)C2CC(=O)N(Cc3ccccc3)C2)c(=O)n(-c2ccccc2)n1C. The number of nitrogens with zero attached hydrogens (tertiary/aromatic N) is 3. The Bertz CT molecular complexity index is 1130. The van der Waals surface area contributed by atoms with Gasteiger partial charge in [0, 0.05) is 26.6 Å². The molecule has 1 aromatic heterocycles. The number of para-hydroxylation sites is 1. The Morgan fingerprint density at radius 2 is 1.67 bits per heavy atom. The zero-order valence-corrected chi connectivity index (χ0v) is 17.0.